The molecule has 0 bridgehead atoms. The van der Waals surface area contributed by atoms with Crippen LogP contribution >= 0.6 is 11.6 Å². The van der Waals surface area contributed by atoms with Gasteiger partial charge >= 0.3 is 6.03 Å². The summed E-state index contributed by atoms with van der Waals surface area (Å²) in [5.74, 6) is 0.686. The molecule has 0 radical (unpaired) electrons. The Balaban J connectivity index is 1.50. The summed E-state index contributed by atoms with van der Waals surface area (Å²) in [4.78, 5) is 15.0. The van der Waals surface area contributed by atoms with Gasteiger partial charge in [0.05, 0.1) is 18.8 Å². The number of rotatable bonds is 8. The fraction of sp³-hybridized carbons (Fsp3) is 0.292. The summed E-state index contributed by atoms with van der Waals surface area (Å²) in [5, 5.41) is 3.79. The van der Waals surface area contributed by atoms with E-state index in [4.69, 9.17) is 16.3 Å². The fourth-order valence-corrected chi connectivity index (χ4v) is 3.72. The van der Waals surface area contributed by atoms with Gasteiger partial charge in [-0.2, -0.15) is 0 Å². The quantitative estimate of drug-likeness (QED) is 0.498. The molecule has 5 nitrogen and oxygen atoms in total. The first-order valence-electron chi connectivity index (χ1n) is 10.3. The van der Waals surface area contributed by atoms with Crippen LogP contribution in [-0.4, -0.2) is 28.1 Å². The number of halogens is 1. The van der Waals surface area contributed by atoms with Crippen molar-refractivity contribution in [2.75, 3.05) is 11.9 Å². The SMILES string of the molecule is CCOc1ccccc1NC(=O)N(Cc1cccn1Cc1ccccc1Cl)C1CC1. The number of carbonyl (C=O) groups excluding carboxylic acids is 1. The molecule has 1 aromatic heterocycles. The lowest BCUT2D eigenvalue weighted by Gasteiger charge is -2.24. The summed E-state index contributed by atoms with van der Waals surface area (Å²) in [6, 6.07) is 19.6. The molecule has 1 heterocycles. The van der Waals surface area contributed by atoms with E-state index in [2.05, 4.69) is 16.0 Å². The highest BCUT2D eigenvalue weighted by atomic mass is 35.5. The number of nitrogens with one attached hydrogen (secondary N) is 1. The van der Waals surface area contributed by atoms with Crippen LogP contribution in [0.15, 0.2) is 66.9 Å². The number of aromatic nitrogens is 1. The second-order valence-corrected chi connectivity index (χ2v) is 7.84. The third-order valence-corrected chi connectivity index (χ3v) is 5.60. The number of ether oxygens (including phenoxy) is 1. The maximum absolute atomic E-state index is 13.1. The van der Waals surface area contributed by atoms with Crippen LogP contribution in [0.3, 0.4) is 0 Å². The predicted molar refractivity (Wildman–Crippen MR) is 120 cm³/mol. The number of benzene rings is 2. The van der Waals surface area contributed by atoms with E-state index >= 15 is 0 Å². The first kappa shape index (κ1) is 20.4. The van der Waals surface area contributed by atoms with Gasteiger partial charge in [0.15, 0.2) is 0 Å². The maximum atomic E-state index is 13.1. The van der Waals surface area contributed by atoms with Crippen LogP contribution in [0.25, 0.3) is 0 Å². The molecule has 0 atom stereocenters. The topological polar surface area (TPSA) is 46.5 Å². The number of hydrogen-bond acceptors (Lipinski definition) is 2. The number of urea groups is 1. The standard InChI is InChI=1S/C24H26ClN3O2/c1-2-30-23-12-6-5-11-22(23)26-24(29)28(19-13-14-19)17-20-9-7-15-27(20)16-18-8-3-4-10-21(18)25/h3-12,15,19H,2,13-14,16-17H2,1H3,(H,26,29). The molecule has 4 rings (SSSR count). The molecule has 2 aromatic carbocycles. The second-order valence-electron chi connectivity index (χ2n) is 7.44. The average molecular weight is 424 g/mol. The van der Waals surface area contributed by atoms with E-state index in [1.54, 1.807) is 0 Å². The van der Waals surface area contributed by atoms with Crippen molar-refractivity contribution in [1.29, 1.82) is 0 Å². The Hall–Kier alpha value is -2.92. The molecule has 6 heteroatoms. The molecule has 156 valence electrons. The number of carbonyl (C=O) groups is 1. The first-order valence-corrected chi connectivity index (χ1v) is 10.7. The van der Waals surface area contributed by atoms with Crippen LogP contribution in [0.5, 0.6) is 5.75 Å². The minimum absolute atomic E-state index is 0.102. The number of para-hydroxylation sites is 2. The normalized spacial score (nSPS) is 13.1. The van der Waals surface area contributed by atoms with Crippen LogP contribution in [0.2, 0.25) is 5.02 Å². The number of nitrogens with zero attached hydrogens (tertiary/aromatic N) is 2. The molecule has 30 heavy (non-hydrogen) atoms. The fourth-order valence-electron chi connectivity index (χ4n) is 3.52. The highest BCUT2D eigenvalue weighted by molar-refractivity contribution is 6.31. The molecular weight excluding hydrogens is 398 g/mol. The van der Waals surface area contributed by atoms with E-state index in [0.29, 0.717) is 31.1 Å². The van der Waals surface area contributed by atoms with Gasteiger partial charge in [0.25, 0.3) is 0 Å². The van der Waals surface area contributed by atoms with Crippen molar-refractivity contribution in [3.63, 3.8) is 0 Å². The van der Waals surface area contributed by atoms with E-state index < -0.39 is 0 Å². The third kappa shape index (κ3) is 4.79. The van der Waals surface area contributed by atoms with Crippen LogP contribution in [0.1, 0.15) is 31.0 Å². The molecule has 0 spiro atoms. The van der Waals surface area contributed by atoms with Gasteiger partial charge in [-0.3, -0.25) is 0 Å². The van der Waals surface area contributed by atoms with Crippen molar-refractivity contribution < 1.29 is 9.53 Å². The number of hydrogen-bond donors (Lipinski definition) is 1. The first-order chi connectivity index (χ1) is 14.7. The Morgan fingerprint density at radius 2 is 1.90 bits per heavy atom. The second kappa shape index (κ2) is 9.26. The van der Waals surface area contributed by atoms with Crippen LogP contribution in [0, 0.1) is 0 Å². The van der Waals surface area contributed by atoms with E-state index in [-0.39, 0.29) is 12.1 Å². The molecule has 0 saturated heterocycles. The molecule has 0 aliphatic heterocycles. The summed E-state index contributed by atoms with van der Waals surface area (Å²) in [6.07, 6.45) is 4.10. The van der Waals surface area contributed by atoms with Gasteiger partial charge in [0.1, 0.15) is 5.75 Å². The summed E-state index contributed by atoms with van der Waals surface area (Å²) in [7, 11) is 0. The predicted octanol–water partition coefficient (Wildman–Crippen LogP) is 5.79. The van der Waals surface area contributed by atoms with Crippen molar-refractivity contribution in [2.45, 2.75) is 38.9 Å². The lowest BCUT2D eigenvalue weighted by Crippen LogP contribution is -2.37. The zero-order chi connectivity index (χ0) is 20.9. The maximum Gasteiger partial charge on any atom is 0.322 e. The zero-order valence-electron chi connectivity index (χ0n) is 17.1. The Morgan fingerprint density at radius 1 is 1.13 bits per heavy atom. The van der Waals surface area contributed by atoms with Crippen molar-refractivity contribution in [1.82, 2.24) is 9.47 Å². The van der Waals surface area contributed by atoms with Gasteiger partial charge in [-0.05, 0) is 55.7 Å². The molecule has 1 N–H and O–H groups in total. The van der Waals surface area contributed by atoms with E-state index in [1.165, 1.54) is 0 Å². The Labute approximate surface area is 182 Å². The Bertz CT molecular complexity index is 1010. The van der Waals surface area contributed by atoms with Crippen molar-refractivity contribution >= 4 is 23.3 Å². The van der Waals surface area contributed by atoms with Gasteiger partial charge in [0.2, 0.25) is 0 Å². The highest BCUT2D eigenvalue weighted by Crippen LogP contribution is 2.31. The summed E-state index contributed by atoms with van der Waals surface area (Å²) < 4.78 is 7.80. The van der Waals surface area contributed by atoms with E-state index in [9.17, 15) is 4.79 Å². The van der Waals surface area contributed by atoms with Gasteiger partial charge in [-0.1, -0.05) is 41.9 Å². The zero-order valence-corrected chi connectivity index (χ0v) is 17.8. The monoisotopic (exact) mass is 423 g/mol. The number of amides is 2. The van der Waals surface area contributed by atoms with E-state index in [0.717, 1.165) is 29.1 Å². The number of anilines is 1. The molecule has 1 fully saturated rings. The summed E-state index contributed by atoms with van der Waals surface area (Å²) in [5.41, 5.74) is 2.83. The largest absolute Gasteiger partial charge is 0.492 e. The minimum Gasteiger partial charge on any atom is -0.492 e. The summed E-state index contributed by atoms with van der Waals surface area (Å²) in [6.45, 7) is 3.71. The van der Waals surface area contributed by atoms with Crippen molar-refractivity contribution in [3.8, 4) is 5.75 Å². The molecule has 1 saturated carbocycles. The van der Waals surface area contributed by atoms with Crippen LogP contribution in [-0.2, 0) is 13.1 Å². The van der Waals surface area contributed by atoms with Gasteiger partial charge in [-0.25, -0.2) is 4.79 Å². The molecule has 1 aliphatic rings. The Kier molecular flexibility index (Phi) is 6.29. The van der Waals surface area contributed by atoms with Crippen LogP contribution in [0.4, 0.5) is 10.5 Å². The molecule has 0 unspecified atom stereocenters. The lowest BCUT2D eigenvalue weighted by atomic mass is 10.2. The van der Waals surface area contributed by atoms with Crippen molar-refractivity contribution in [3.05, 3.63) is 83.1 Å². The lowest BCUT2D eigenvalue weighted by molar-refractivity contribution is 0.204. The van der Waals surface area contributed by atoms with Gasteiger partial charge in [0, 0.05) is 29.5 Å². The molecular formula is C24H26ClN3O2. The highest BCUT2D eigenvalue weighted by Gasteiger charge is 2.33. The molecule has 2 amide bonds. The smallest absolute Gasteiger partial charge is 0.322 e. The summed E-state index contributed by atoms with van der Waals surface area (Å²) >= 11 is 6.34. The third-order valence-electron chi connectivity index (χ3n) is 5.23. The molecule has 3 aromatic rings. The van der Waals surface area contributed by atoms with Gasteiger partial charge < -0.3 is 19.5 Å². The van der Waals surface area contributed by atoms with Crippen LogP contribution < -0.4 is 10.1 Å². The Morgan fingerprint density at radius 3 is 2.67 bits per heavy atom. The minimum atomic E-state index is -0.102. The average Bonchev–Trinajstić information content (AvgIpc) is 3.49. The molecule has 1 aliphatic carbocycles. The van der Waals surface area contributed by atoms with Gasteiger partial charge in [-0.15, -0.1) is 0 Å². The van der Waals surface area contributed by atoms with Crippen molar-refractivity contribution in [2.24, 2.45) is 0 Å². The van der Waals surface area contributed by atoms with E-state index in [1.807, 2.05) is 72.6 Å².